The first-order valence-electron chi connectivity index (χ1n) is 7.85. The molecule has 0 saturated carbocycles. The van der Waals surface area contributed by atoms with E-state index in [1.807, 2.05) is 29.2 Å². The average Bonchev–Trinajstić information content (AvgIpc) is 2.48. The van der Waals surface area contributed by atoms with E-state index in [4.69, 9.17) is 0 Å². The van der Waals surface area contributed by atoms with Crippen molar-refractivity contribution in [2.75, 3.05) is 11.9 Å². The Morgan fingerprint density at radius 1 is 1.33 bits per heavy atom. The fourth-order valence-corrected chi connectivity index (χ4v) is 2.56. The smallest absolute Gasteiger partial charge is 0.224 e. The van der Waals surface area contributed by atoms with Gasteiger partial charge in [0.25, 0.3) is 0 Å². The van der Waals surface area contributed by atoms with Crippen molar-refractivity contribution in [2.45, 2.75) is 52.0 Å². The number of rotatable bonds is 6. The molecule has 114 valence electrons. The highest BCUT2D eigenvalue weighted by atomic mass is 16.2. The molecule has 0 spiro atoms. The van der Waals surface area contributed by atoms with E-state index in [0.717, 1.165) is 43.5 Å². The first-order chi connectivity index (χ1) is 10.2. The Morgan fingerprint density at radius 3 is 2.95 bits per heavy atom. The Kier molecular flexibility index (Phi) is 5.78. The summed E-state index contributed by atoms with van der Waals surface area (Å²) in [7, 11) is 0. The van der Waals surface area contributed by atoms with Crippen molar-refractivity contribution in [3.8, 4) is 0 Å². The van der Waals surface area contributed by atoms with Gasteiger partial charge >= 0.3 is 0 Å². The lowest BCUT2D eigenvalue weighted by Crippen LogP contribution is -2.34. The summed E-state index contributed by atoms with van der Waals surface area (Å²) in [6.45, 7) is 3.55. The number of anilines is 1. The van der Waals surface area contributed by atoms with Crippen LogP contribution in [-0.4, -0.2) is 23.3 Å². The predicted molar refractivity (Wildman–Crippen MR) is 83.9 cm³/mol. The maximum atomic E-state index is 11.8. The van der Waals surface area contributed by atoms with Crippen LogP contribution in [0.2, 0.25) is 0 Å². The highest BCUT2D eigenvalue weighted by Crippen LogP contribution is 2.17. The summed E-state index contributed by atoms with van der Waals surface area (Å²) in [5.41, 5.74) is 1.89. The van der Waals surface area contributed by atoms with E-state index in [1.54, 1.807) is 0 Å². The van der Waals surface area contributed by atoms with Crippen molar-refractivity contribution in [3.63, 3.8) is 0 Å². The summed E-state index contributed by atoms with van der Waals surface area (Å²) in [4.78, 5) is 25.5. The number of nitrogens with one attached hydrogen (secondary N) is 1. The molecule has 4 heteroatoms. The fourth-order valence-electron chi connectivity index (χ4n) is 2.56. The number of unbranched alkanes of at least 4 members (excludes halogenated alkanes) is 1. The monoisotopic (exact) mass is 288 g/mol. The molecule has 0 aromatic heterocycles. The van der Waals surface area contributed by atoms with Gasteiger partial charge in [0.2, 0.25) is 11.8 Å². The summed E-state index contributed by atoms with van der Waals surface area (Å²) in [5.74, 6) is 0.293. The van der Waals surface area contributed by atoms with Crippen molar-refractivity contribution >= 4 is 17.5 Å². The summed E-state index contributed by atoms with van der Waals surface area (Å²) in [6.07, 6.45) is 5.24. The first-order valence-corrected chi connectivity index (χ1v) is 7.85. The van der Waals surface area contributed by atoms with Gasteiger partial charge < -0.3 is 10.2 Å². The Hall–Kier alpha value is -1.84. The van der Waals surface area contributed by atoms with Gasteiger partial charge in [-0.25, -0.2) is 0 Å². The molecule has 1 N–H and O–H groups in total. The highest BCUT2D eigenvalue weighted by molar-refractivity contribution is 5.90. The summed E-state index contributed by atoms with van der Waals surface area (Å²) in [6, 6.07) is 7.79. The van der Waals surface area contributed by atoms with Crippen LogP contribution in [0, 0.1) is 0 Å². The number of carbonyl (C=O) groups is 2. The fraction of sp³-hybridized carbons (Fsp3) is 0.529. The molecule has 1 fully saturated rings. The van der Waals surface area contributed by atoms with E-state index >= 15 is 0 Å². The quantitative estimate of drug-likeness (QED) is 0.873. The number of piperidine rings is 1. The predicted octanol–water partition coefficient (Wildman–Crippen LogP) is 3.33. The number of carbonyl (C=O) groups excluding carboxylic acids is 2. The van der Waals surface area contributed by atoms with E-state index < -0.39 is 0 Å². The molecule has 2 rings (SSSR count). The third-order valence-electron chi connectivity index (χ3n) is 3.76. The van der Waals surface area contributed by atoms with E-state index in [0.29, 0.717) is 19.4 Å². The normalized spacial score (nSPS) is 15.1. The molecule has 0 unspecified atom stereocenters. The van der Waals surface area contributed by atoms with Gasteiger partial charge in [0.15, 0.2) is 0 Å². The van der Waals surface area contributed by atoms with Gasteiger partial charge in [-0.05, 0) is 37.0 Å². The van der Waals surface area contributed by atoms with Crippen molar-refractivity contribution < 1.29 is 9.59 Å². The van der Waals surface area contributed by atoms with Crippen LogP contribution < -0.4 is 5.32 Å². The Morgan fingerprint density at radius 2 is 2.19 bits per heavy atom. The molecule has 4 nitrogen and oxygen atoms in total. The van der Waals surface area contributed by atoms with Gasteiger partial charge in [-0.1, -0.05) is 25.5 Å². The molecule has 21 heavy (non-hydrogen) atoms. The van der Waals surface area contributed by atoms with Crippen LogP contribution >= 0.6 is 0 Å². The third kappa shape index (κ3) is 4.88. The number of hydrogen-bond donors (Lipinski definition) is 1. The van der Waals surface area contributed by atoms with Gasteiger partial charge in [0.05, 0.1) is 0 Å². The zero-order chi connectivity index (χ0) is 15.1. The summed E-state index contributed by atoms with van der Waals surface area (Å²) < 4.78 is 0. The van der Waals surface area contributed by atoms with E-state index in [9.17, 15) is 9.59 Å². The molecule has 1 aromatic rings. The van der Waals surface area contributed by atoms with Crippen molar-refractivity contribution in [1.29, 1.82) is 0 Å². The van der Waals surface area contributed by atoms with Crippen molar-refractivity contribution in [2.24, 2.45) is 0 Å². The minimum atomic E-state index is 0.0584. The molecule has 1 aromatic carbocycles. The topological polar surface area (TPSA) is 49.4 Å². The molecule has 2 amide bonds. The SMILES string of the molecule is CCCCC(=O)Nc1cccc(CN2CCCCC2=O)c1. The van der Waals surface area contributed by atoms with E-state index in [1.165, 1.54) is 0 Å². The zero-order valence-corrected chi connectivity index (χ0v) is 12.7. The first kappa shape index (κ1) is 15.5. The molecule has 0 radical (unpaired) electrons. The van der Waals surface area contributed by atoms with Crippen LogP contribution in [0.15, 0.2) is 24.3 Å². The number of likely N-dealkylation sites (tertiary alicyclic amines) is 1. The van der Waals surface area contributed by atoms with Crippen LogP contribution in [0.3, 0.4) is 0 Å². The second kappa shape index (κ2) is 7.81. The van der Waals surface area contributed by atoms with Crippen LogP contribution in [0.5, 0.6) is 0 Å². The van der Waals surface area contributed by atoms with Crippen LogP contribution in [-0.2, 0) is 16.1 Å². The maximum Gasteiger partial charge on any atom is 0.224 e. The highest BCUT2D eigenvalue weighted by Gasteiger charge is 2.17. The molecule has 0 aliphatic carbocycles. The summed E-state index contributed by atoms with van der Waals surface area (Å²) in [5, 5.41) is 2.92. The van der Waals surface area contributed by atoms with Crippen LogP contribution in [0.4, 0.5) is 5.69 Å². The Labute approximate surface area is 126 Å². The third-order valence-corrected chi connectivity index (χ3v) is 3.76. The summed E-state index contributed by atoms with van der Waals surface area (Å²) >= 11 is 0. The molecular formula is C17H24N2O2. The standard InChI is InChI=1S/C17H24N2O2/c1-2-3-9-16(20)18-15-8-6-7-14(12-15)13-19-11-5-4-10-17(19)21/h6-8,12H,2-5,9-11,13H2,1H3,(H,18,20). The lowest BCUT2D eigenvalue weighted by molar-refractivity contribution is -0.133. The van der Waals surface area contributed by atoms with Gasteiger partial charge in [0, 0.05) is 31.6 Å². The second-order valence-corrected chi connectivity index (χ2v) is 5.62. The lowest BCUT2D eigenvalue weighted by Gasteiger charge is -2.26. The molecule has 1 aliphatic heterocycles. The number of nitrogens with zero attached hydrogens (tertiary/aromatic N) is 1. The maximum absolute atomic E-state index is 11.8. The zero-order valence-electron chi connectivity index (χ0n) is 12.7. The Bertz CT molecular complexity index is 499. The number of amides is 2. The molecule has 1 heterocycles. The Balaban J connectivity index is 1.94. The molecular weight excluding hydrogens is 264 g/mol. The van der Waals surface area contributed by atoms with Gasteiger partial charge in [0.1, 0.15) is 0 Å². The molecule has 0 atom stereocenters. The second-order valence-electron chi connectivity index (χ2n) is 5.62. The van der Waals surface area contributed by atoms with E-state index in [2.05, 4.69) is 12.2 Å². The van der Waals surface area contributed by atoms with Crippen LogP contribution in [0.1, 0.15) is 51.0 Å². The van der Waals surface area contributed by atoms with Crippen molar-refractivity contribution in [3.05, 3.63) is 29.8 Å². The molecule has 1 aliphatic rings. The molecule has 1 saturated heterocycles. The number of hydrogen-bond acceptors (Lipinski definition) is 2. The van der Waals surface area contributed by atoms with Gasteiger partial charge in [-0.2, -0.15) is 0 Å². The van der Waals surface area contributed by atoms with Crippen LogP contribution in [0.25, 0.3) is 0 Å². The van der Waals surface area contributed by atoms with Gasteiger partial charge in [-0.15, -0.1) is 0 Å². The molecule has 0 bridgehead atoms. The number of benzene rings is 1. The van der Waals surface area contributed by atoms with Gasteiger partial charge in [-0.3, -0.25) is 9.59 Å². The van der Waals surface area contributed by atoms with E-state index in [-0.39, 0.29) is 11.8 Å². The lowest BCUT2D eigenvalue weighted by atomic mass is 10.1. The average molecular weight is 288 g/mol. The minimum Gasteiger partial charge on any atom is -0.338 e. The largest absolute Gasteiger partial charge is 0.338 e. The minimum absolute atomic E-state index is 0.0584. The van der Waals surface area contributed by atoms with Crippen molar-refractivity contribution in [1.82, 2.24) is 4.90 Å².